The summed E-state index contributed by atoms with van der Waals surface area (Å²) in [7, 11) is -0.0241. The van der Waals surface area contributed by atoms with Crippen LogP contribution in [-0.4, -0.2) is 50.5 Å². The van der Waals surface area contributed by atoms with Crippen LogP contribution in [0.15, 0.2) is 53.4 Å². The summed E-state index contributed by atoms with van der Waals surface area (Å²) in [6.45, 7) is 1.02. The zero-order chi connectivity index (χ0) is 25.0. The smallest absolute Gasteiger partial charge is 0.289 e. The van der Waals surface area contributed by atoms with Crippen molar-refractivity contribution in [3.63, 3.8) is 0 Å². The predicted molar refractivity (Wildman–Crippen MR) is 136 cm³/mol. The summed E-state index contributed by atoms with van der Waals surface area (Å²) in [5, 5.41) is 15.6. The molecule has 0 saturated heterocycles. The van der Waals surface area contributed by atoms with Gasteiger partial charge in [0.15, 0.2) is 4.90 Å². The average Bonchev–Trinajstić information content (AvgIpc) is 2.86. The van der Waals surface area contributed by atoms with Gasteiger partial charge in [0.25, 0.3) is 5.69 Å². The van der Waals surface area contributed by atoms with Crippen LogP contribution in [0.5, 0.6) is 0 Å². The van der Waals surface area contributed by atoms with Gasteiger partial charge < -0.3 is 10.2 Å². The number of rotatable bonds is 9. The van der Waals surface area contributed by atoms with E-state index in [1.807, 2.05) is 43.3 Å². The number of benzene rings is 2. The van der Waals surface area contributed by atoms with Crippen molar-refractivity contribution in [2.75, 3.05) is 37.4 Å². The van der Waals surface area contributed by atoms with E-state index < -0.39 is 20.6 Å². The third kappa shape index (κ3) is 5.85. The van der Waals surface area contributed by atoms with Gasteiger partial charge in [-0.3, -0.25) is 10.1 Å². The molecule has 0 aliphatic heterocycles. The third-order valence-electron chi connectivity index (χ3n) is 6.44. The fourth-order valence-corrected chi connectivity index (χ4v) is 5.78. The van der Waals surface area contributed by atoms with Crippen molar-refractivity contribution in [1.29, 1.82) is 0 Å². The quantitative estimate of drug-likeness (QED) is 0.336. The molecule has 2 aromatic carbocycles. The Morgan fingerprint density at radius 1 is 0.971 bits per heavy atom. The van der Waals surface area contributed by atoms with Crippen LogP contribution in [-0.2, 0) is 10.0 Å². The third-order valence-corrected chi connectivity index (χ3v) is 7.91. The number of fused-ring (bicyclic) bond motifs is 1. The fourth-order valence-electron chi connectivity index (χ4n) is 4.50. The summed E-state index contributed by atoms with van der Waals surface area (Å²) in [4.78, 5) is 21.5. The van der Waals surface area contributed by atoms with Gasteiger partial charge in [0.05, 0.1) is 10.4 Å². The van der Waals surface area contributed by atoms with Gasteiger partial charge in [0.2, 0.25) is 16.0 Å². The Bertz CT molecular complexity index is 1310. The van der Waals surface area contributed by atoms with Crippen LogP contribution >= 0.6 is 0 Å². The molecule has 1 aromatic heterocycles. The van der Waals surface area contributed by atoms with Crippen LogP contribution in [0.4, 0.5) is 17.5 Å². The molecular weight excluding hydrogens is 468 g/mol. The SMILES string of the molecule is CN(C)c1nc(NCC2CCC(CNS(=O)(=O)c3ccccc3[N+](=O)[O-])CC2)nc2ccccc12. The van der Waals surface area contributed by atoms with Crippen LogP contribution in [0.3, 0.4) is 0 Å². The van der Waals surface area contributed by atoms with E-state index >= 15 is 0 Å². The van der Waals surface area contributed by atoms with Crippen molar-refractivity contribution in [3.05, 3.63) is 58.6 Å². The predicted octanol–water partition coefficient (Wildman–Crippen LogP) is 3.80. The molecule has 1 heterocycles. The molecule has 1 saturated carbocycles. The molecule has 1 aliphatic rings. The van der Waals surface area contributed by atoms with E-state index in [0.29, 0.717) is 11.9 Å². The van der Waals surface area contributed by atoms with E-state index in [2.05, 4.69) is 20.0 Å². The number of nitro benzene ring substituents is 1. The van der Waals surface area contributed by atoms with Crippen molar-refractivity contribution in [3.8, 4) is 0 Å². The number of nitrogens with one attached hydrogen (secondary N) is 2. The molecule has 1 aliphatic carbocycles. The van der Waals surface area contributed by atoms with Gasteiger partial charge in [-0.15, -0.1) is 0 Å². The highest BCUT2D eigenvalue weighted by molar-refractivity contribution is 7.89. The number of aromatic nitrogens is 2. The monoisotopic (exact) mass is 498 g/mol. The largest absolute Gasteiger partial charge is 0.362 e. The number of para-hydroxylation sites is 2. The van der Waals surface area contributed by atoms with Crippen molar-refractivity contribution >= 4 is 38.4 Å². The Kier molecular flexibility index (Phi) is 7.46. The van der Waals surface area contributed by atoms with Gasteiger partial charge in [-0.1, -0.05) is 24.3 Å². The summed E-state index contributed by atoms with van der Waals surface area (Å²) >= 11 is 0. The lowest BCUT2D eigenvalue weighted by atomic mass is 9.82. The zero-order valence-electron chi connectivity index (χ0n) is 19.8. The molecule has 4 rings (SSSR count). The van der Waals surface area contributed by atoms with Gasteiger partial charge in [0, 0.05) is 38.6 Å². The molecule has 11 heteroatoms. The van der Waals surface area contributed by atoms with E-state index in [1.165, 1.54) is 24.3 Å². The van der Waals surface area contributed by atoms with Crippen molar-refractivity contribution in [2.24, 2.45) is 11.8 Å². The van der Waals surface area contributed by atoms with E-state index in [4.69, 9.17) is 0 Å². The van der Waals surface area contributed by atoms with Crippen LogP contribution < -0.4 is 14.9 Å². The second-order valence-corrected chi connectivity index (χ2v) is 10.9. The van der Waals surface area contributed by atoms with Gasteiger partial charge in [-0.2, -0.15) is 4.98 Å². The van der Waals surface area contributed by atoms with Crippen LogP contribution in [0.1, 0.15) is 25.7 Å². The lowest BCUT2D eigenvalue weighted by Gasteiger charge is -2.28. The van der Waals surface area contributed by atoms with Crippen molar-refractivity contribution < 1.29 is 13.3 Å². The van der Waals surface area contributed by atoms with Crippen molar-refractivity contribution in [2.45, 2.75) is 30.6 Å². The summed E-state index contributed by atoms with van der Waals surface area (Å²) in [6, 6.07) is 13.3. The summed E-state index contributed by atoms with van der Waals surface area (Å²) in [5.41, 5.74) is 0.478. The summed E-state index contributed by atoms with van der Waals surface area (Å²) in [5.74, 6) is 2.11. The topological polar surface area (TPSA) is 130 Å². The molecular formula is C24H30N6O4S. The zero-order valence-corrected chi connectivity index (χ0v) is 20.7. The second-order valence-electron chi connectivity index (χ2n) is 9.13. The molecule has 1 fully saturated rings. The average molecular weight is 499 g/mol. The fraction of sp³-hybridized carbons (Fsp3) is 0.417. The maximum Gasteiger partial charge on any atom is 0.289 e. The molecule has 2 N–H and O–H groups in total. The lowest BCUT2D eigenvalue weighted by Crippen LogP contribution is -2.32. The molecule has 0 unspecified atom stereocenters. The number of anilines is 2. The van der Waals surface area contributed by atoms with E-state index in [1.54, 1.807) is 0 Å². The molecule has 0 bridgehead atoms. The van der Waals surface area contributed by atoms with Gasteiger partial charge in [-0.25, -0.2) is 18.1 Å². The Balaban J connectivity index is 1.30. The van der Waals surface area contributed by atoms with Gasteiger partial charge in [0.1, 0.15) is 5.82 Å². The molecule has 186 valence electrons. The standard InChI is InChI=1S/C24H30N6O4S/c1-29(2)23-19-7-3-4-8-20(19)27-24(28-23)25-15-17-11-13-18(14-12-17)16-26-35(33,34)22-10-6-5-9-21(22)30(31)32/h3-10,17-18,26H,11-16H2,1-2H3,(H,25,27,28). The summed E-state index contributed by atoms with van der Waals surface area (Å²) in [6.07, 6.45) is 3.68. The number of sulfonamides is 1. The maximum atomic E-state index is 12.6. The molecule has 3 aromatic rings. The number of nitro groups is 1. The minimum Gasteiger partial charge on any atom is -0.362 e. The lowest BCUT2D eigenvalue weighted by molar-refractivity contribution is -0.387. The number of nitrogens with zero attached hydrogens (tertiary/aromatic N) is 4. The highest BCUT2D eigenvalue weighted by Crippen LogP contribution is 2.30. The van der Waals surface area contributed by atoms with E-state index in [9.17, 15) is 18.5 Å². The minimum atomic E-state index is -3.95. The first-order valence-corrected chi connectivity index (χ1v) is 13.1. The molecule has 0 amide bonds. The Hall–Kier alpha value is -3.31. The first-order chi connectivity index (χ1) is 16.7. The Morgan fingerprint density at radius 2 is 1.60 bits per heavy atom. The van der Waals surface area contributed by atoms with E-state index in [-0.39, 0.29) is 17.4 Å². The Labute approximate surface area is 205 Å². The summed E-state index contributed by atoms with van der Waals surface area (Å²) < 4.78 is 27.9. The second kappa shape index (κ2) is 10.5. The molecule has 35 heavy (non-hydrogen) atoms. The van der Waals surface area contributed by atoms with Crippen LogP contribution in [0, 0.1) is 22.0 Å². The molecule has 0 radical (unpaired) electrons. The maximum absolute atomic E-state index is 12.6. The van der Waals surface area contributed by atoms with Gasteiger partial charge in [-0.05, 0) is 55.7 Å². The molecule has 10 nitrogen and oxygen atoms in total. The van der Waals surface area contributed by atoms with Gasteiger partial charge >= 0.3 is 0 Å². The molecule has 0 spiro atoms. The van der Waals surface area contributed by atoms with Crippen LogP contribution in [0.2, 0.25) is 0 Å². The normalized spacial score (nSPS) is 18.3. The Morgan fingerprint density at radius 3 is 2.29 bits per heavy atom. The first kappa shape index (κ1) is 24.8. The van der Waals surface area contributed by atoms with Crippen LogP contribution in [0.25, 0.3) is 10.9 Å². The molecule has 0 atom stereocenters. The van der Waals surface area contributed by atoms with Crippen molar-refractivity contribution in [1.82, 2.24) is 14.7 Å². The number of hydrogen-bond donors (Lipinski definition) is 2. The van der Waals surface area contributed by atoms with E-state index in [0.717, 1.165) is 48.9 Å². The minimum absolute atomic E-state index is 0.195. The highest BCUT2D eigenvalue weighted by atomic mass is 32.2. The number of hydrogen-bond acceptors (Lipinski definition) is 8. The first-order valence-electron chi connectivity index (χ1n) is 11.7. The highest BCUT2D eigenvalue weighted by Gasteiger charge is 2.27.